The second-order valence-corrected chi connectivity index (χ2v) is 5.65. The molecule has 19 heavy (non-hydrogen) atoms. The Morgan fingerprint density at radius 3 is 2.53 bits per heavy atom. The van der Waals surface area contributed by atoms with Crippen LogP contribution in [-0.4, -0.2) is 15.0 Å². The van der Waals surface area contributed by atoms with E-state index in [2.05, 4.69) is 32.6 Å². The molecular weight excluding hydrogens is 260 g/mol. The number of hydrogen-bond acceptors (Lipinski definition) is 7. The van der Waals surface area contributed by atoms with E-state index >= 15 is 0 Å². The fourth-order valence-electron chi connectivity index (χ4n) is 1.94. The summed E-state index contributed by atoms with van der Waals surface area (Å²) in [5.41, 5.74) is 4.38. The number of nitrogens with zero attached hydrogens (tertiary/aromatic N) is 3. The number of aryl methyl sites for hydroxylation is 3. The molecule has 0 radical (unpaired) electrons. The number of anilines is 2. The Labute approximate surface area is 116 Å². The largest absolute Gasteiger partial charge is 0.362 e. The topological polar surface area (TPSA) is 88.8 Å². The van der Waals surface area contributed by atoms with Crippen molar-refractivity contribution in [1.29, 1.82) is 0 Å². The molecule has 2 aromatic rings. The van der Waals surface area contributed by atoms with E-state index in [1.165, 1.54) is 4.88 Å². The first kappa shape index (κ1) is 13.7. The van der Waals surface area contributed by atoms with Gasteiger partial charge >= 0.3 is 0 Å². The van der Waals surface area contributed by atoms with Crippen molar-refractivity contribution in [2.75, 3.05) is 10.7 Å². The first-order valence-electron chi connectivity index (χ1n) is 6.02. The van der Waals surface area contributed by atoms with Crippen molar-refractivity contribution in [3.63, 3.8) is 0 Å². The average Bonchev–Trinajstić information content (AvgIpc) is 2.67. The molecule has 2 rings (SSSR count). The van der Waals surface area contributed by atoms with Gasteiger partial charge in [-0.25, -0.2) is 15.8 Å². The van der Waals surface area contributed by atoms with E-state index in [4.69, 9.17) is 5.84 Å². The molecule has 0 aliphatic carbocycles. The molecule has 0 saturated heterocycles. The molecule has 6 nitrogen and oxygen atoms in total. The van der Waals surface area contributed by atoms with Gasteiger partial charge in [0, 0.05) is 16.6 Å². The molecule has 0 aromatic carbocycles. The number of thiazole rings is 1. The molecule has 7 heteroatoms. The van der Waals surface area contributed by atoms with E-state index in [0.29, 0.717) is 5.95 Å². The molecule has 1 atom stereocenters. The van der Waals surface area contributed by atoms with Crippen LogP contribution >= 0.6 is 11.3 Å². The first-order valence-corrected chi connectivity index (χ1v) is 6.84. The second-order valence-electron chi connectivity index (χ2n) is 4.41. The van der Waals surface area contributed by atoms with Crippen molar-refractivity contribution in [2.45, 2.75) is 33.7 Å². The van der Waals surface area contributed by atoms with Crippen molar-refractivity contribution in [1.82, 2.24) is 15.0 Å². The zero-order valence-corrected chi connectivity index (χ0v) is 12.3. The summed E-state index contributed by atoms with van der Waals surface area (Å²) in [6.45, 7) is 8.03. The fourth-order valence-corrected chi connectivity index (χ4v) is 2.87. The molecule has 0 saturated carbocycles. The minimum absolute atomic E-state index is 0.145. The van der Waals surface area contributed by atoms with Gasteiger partial charge in [0.15, 0.2) is 0 Å². The van der Waals surface area contributed by atoms with Crippen LogP contribution in [-0.2, 0) is 0 Å². The summed E-state index contributed by atoms with van der Waals surface area (Å²) in [6.07, 6.45) is 0. The lowest BCUT2D eigenvalue weighted by atomic mass is 10.2. The van der Waals surface area contributed by atoms with Crippen LogP contribution in [0.1, 0.15) is 34.2 Å². The molecule has 2 aromatic heterocycles. The van der Waals surface area contributed by atoms with E-state index in [1.54, 1.807) is 11.3 Å². The molecule has 0 fully saturated rings. The lowest BCUT2D eigenvalue weighted by molar-refractivity contribution is 0.875. The van der Waals surface area contributed by atoms with Crippen LogP contribution in [0.2, 0.25) is 0 Å². The van der Waals surface area contributed by atoms with Gasteiger partial charge in [-0.1, -0.05) is 0 Å². The molecule has 0 amide bonds. The zero-order valence-electron chi connectivity index (χ0n) is 11.5. The van der Waals surface area contributed by atoms with Crippen LogP contribution in [0.15, 0.2) is 6.07 Å². The average molecular weight is 278 g/mol. The third kappa shape index (κ3) is 3.18. The smallest absolute Gasteiger partial charge is 0.239 e. The Morgan fingerprint density at radius 2 is 1.95 bits per heavy atom. The molecule has 1 unspecified atom stereocenters. The molecule has 102 valence electrons. The van der Waals surface area contributed by atoms with Crippen molar-refractivity contribution in [3.05, 3.63) is 27.3 Å². The summed E-state index contributed by atoms with van der Waals surface area (Å²) in [6, 6.07) is 2.03. The molecule has 0 aliphatic rings. The fraction of sp³-hybridized carbons (Fsp3) is 0.417. The van der Waals surface area contributed by atoms with Crippen LogP contribution in [0.5, 0.6) is 0 Å². The van der Waals surface area contributed by atoms with Gasteiger partial charge in [-0.15, -0.1) is 11.3 Å². The van der Waals surface area contributed by atoms with Crippen LogP contribution in [0.25, 0.3) is 0 Å². The van der Waals surface area contributed by atoms with E-state index in [-0.39, 0.29) is 6.04 Å². The molecule has 0 spiro atoms. The standard InChI is InChI=1S/C12H18N6S/c1-6-5-10(17-12(14-6)18-13)16-8(3)11-7(2)15-9(4)19-11/h5,8H,13H2,1-4H3,(H2,14,16,17,18). The number of hydrogen-bond donors (Lipinski definition) is 3. The van der Waals surface area contributed by atoms with Gasteiger partial charge in [-0.05, 0) is 27.7 Å². The van der Waals surface area contributed by atoms with Gasteiger partial charge in [-0.2, -0.15) is 4.98 Å². The highest BCUT2D eigenvalue weighted by Gasteiger charge is 2.13. The van der Waals surface area contributed by atoms with Gasteiger partial charge < -0.3 is 5.32 Å². The summed E-state index contributed by atoms with van der Waals surface area (Å²) in [7, 11) is 0. The highest BCUT2D eigenvalue weighted by Crippen LogP contribution is 2.27. The normalized spacial score (nSPS) is 12.3. The highest BCUT2D eigenvalue weighted by molar-refractivity contribution is 7.11. The van der Waals surface area contributed by atoms with Crippen LogP contribution < -0.4 is 16.6 Å². The Kier molecular flexibility index (Phi) is 3.96. The predicted molar refractivity (Wildman–Crippen MR) is 78.2 cm³/mol. The van der Waals surface area contributed by atoms with Gasteiger partial charge in [0.25, 0.3) is 0 Å². The number of aromatic nitrogens is 3. The maximum atomic E-state index is 5.35. The summed E-state index contributed by atoms with van der Waals surface area (Å²) in [5.74, 6) is 6.50. The van der Waals surface area contributed by atoms with Gasteiger partial charge in [-0.3, -0.25) is 5.43 Å². The van der Waals surface area contributed by atoms with E-state index in [1.807, 2.05) is 26.8 Å². The summed E-state index contributed by atoms with van der Waals surface area (Å²) in [4.78, 5) is 14.1. The van der Waals surface area contributed by atoms with Crippen LogP contribution in [0.3, 0.4) is 0 Å². The van der Waals surface area contributed by atoms with Crippen molar-refractivity contribution < 1.29 is 0 Å². The zero-order chi connectivity index (χ0) is 14.0. The van der Waals surface area contributed by atoms with E-state index in [0.717, 1.165) is 22.2 Å². The highest BCUT2D eigenvalue weighted by atomic mass is 32.1. The van der Waals surface area contributed by atoms with Crippen LogP contribution in [0.4, 0.5) is 11.8 Å². The lowest BCUT2D eigenvalue weighted by Crippen LogP contribution is -2.14. The third-order valence-electron chi connectivity index (χ3n) is 2.68. The Bertz CT molecular complexity index is 580. The first-order chi connectivity index (χ1) is 8.99. The van der Waals surface area contributed by atoms with Gasteiger partial charge in [0.05, 0.1) is 16.7 Å². The third-order valence-corrected chi connectivity index (χ3v) is 3.94. The van der Waals surface area contributed by atoms with Crippen molar-refractivity contribution in [2.24, 2.45) is 5.84 Å². The van der Waals surface area contributed by atoms with Gasteiger partial charge in [0.1, 0.15) is 5.82 Å². The van der Waals surface area contributed by atoms with Crippen molar-refractivity contribution >= 4 is 23.1 Å². The summed E-state index contributed by atoms with van der Waals surface area (Å²) in [5, 5.41) is 4.43. The molecule has 0 aliphatic heterocycles. The quantitative estimate of drug-likeness (QED) is 0.587. The summed E-state index contributed by atoms with van der Waals surface area (Å²) < 4.78 is 0. The van der Waals surface area contributed by atoms with Crippen molar-refractivity contribution in [3.8, 4) is 0 Å². The SMILES string of the molecule is Cc1cc(NC(C)c2sc(C)nc2C)nc(NN)n1. The van der Waals surface area contributed by atoms with E-state index in [9.17, 15) is 0 Å². The van der Waals surface area contributed by atoms with Crippen LogP contribution in [0, 0.1) is 20.8 Å². The minimum atomic E-state index is 0.145. The maximum Gasteiger partial charge on any atom is 0.239 e. The predicted octanol–water partition coefficient (Wildman–Crippen LogP) is 2.32. The molecular formula is C12H18N6S. The number of nitrogens with one attached hydrogen (secondary N) is 2. The Hall–Kier alpha value is -1.73. The Morgan fingerprint density at radius 1 is 1.21 bits per heavy atom. The molecule has 2 heterocycles. The Balaban J connectivity index is 2.21. The molecule has 4 N–H and O–H groups in total. The van der Waals surface area contributed by atoms with Gasteiger partial charge in [0.2, 0.25) is 5.95 Å². The minimum Gasteiger partial charge on any atom is -0.362 e. The number of nitrogens with two attached hydrogens (primary N) is 1. The lowest BCUT2D eigenvalue weighted by Gasteiger charge is -2.14. The van der Waals surface area contributed by atoms with E-state index < -0.39 is 0 Å². The summed E-state index contributed by atoms with van der Waals surface area (Å²) >= 11 is 1.70. The number of nitrogen functional groups attached to an aromatic ring is 1. The maximum absolute atomic E-state index is 5.35. The molecule has 0 bridgehead atoms. The number of rotatable bonds is 4. The second kappa shape index (κ2) is 5.50. The number of hydrazine groups is 1. The monoisotopic (exact) mass is 278 g/mol.